The van der Waals surface area contributed by atoms with Crippen LogP contribution in [0.25, 0.3) is 0 Å². The normalized spacial score (nSPS) is 12.2. The standard InChI is InChI=1S/C15H16ClFN2O/c1-9-3-6-14(20-2)11(7-9)15(19-18)10-4-5-13(17)12(16)8-10/h3-8,15,19H,18H2,1-2H3. The third-order valence-corrected chi connectivity index (χ3v) is 3.43. The average Bonchev–Trinajstić information content (AvgIpc) is 2.44. The molecule has 20 heavy (non-hydrogen) atoms. The minimum absolute atomic E-state index is 0.0642. The zero-order valence-electron chi connectivity index (χ0n) is 11.3. The minimum atomic E-state index is -0.456. The topological polar surface area (TPSA) is 47.3 Å². The highest BCUT2D eigenvalue weighted by Gasteiger charge is 2.18. The summed E-state index contributed by atoms with van der Waals surface area (Å²) in [7, 11) is 1.60. The van der Waals surface area contributed by atoms with Crippen LogP contribution in [0, 0.1) is 12.7 Å². The second-order valence-electron chi connectivity index (χ2n) is 4.52. The zero-order valence-corrected chi connectivity index (χ0v) is 12.0. The van der Waals surface area contributed by atoms with E-state index in [0.29, 0.717) is 5.75 Å². The number of halogens is 2. The van der Waals surface area contributed by atoms with Crippen LogP contribution in [-0.4, -0.2) is 7.11 Å². The summed E-state index contributed by atoms with van der Waals surface area (Å²) in [6.07, 6.45) is 0. The fourth-order valence-corrected chi connectivity index (χ4v) is 2.33. The van der Waals surface area contributed by atoms with E-state index in [1.54, 1.807) is 19.2 Å². The highest BCUT2D eigenvalue weighted by atomic mass is 35.5. The van der Waals surface area contributed by atoms with Gasteiger partial charge in [-0.2, -0.15) is 0 Å². The van der Waals surface area contributed by atoms with Crippen molar-refractivity contribution in [2.45, 2.75) is 13.0 Å². The lowest BCUT2D eigenvalue weighted by atomic mass is 9.97. The lowest BCUT2D eigenvalue weighted by molar-refractivity contribution is 0.404. The van der Waals surface area contributed by atoms with Gasteiger partial charge in [-0.1, -0.05) is 35.4 Å². The largest absolute Gasteiger partial charge is 0.496 e. The van der Waals surface area contributed by atoms with E-state index in [-0.39, 0.29) is 11.1 Å². The van der Waals surface area contributed by atoms with Gasteiger partial charge in [-0.15, -0.1) is 0 Å². The van der Waals surface area contributed by atoms with Gasteiger partial charge in [-0.3, -0.25) is 5.84 Å². The molecule has 3 N–H and O–H groups in total. The fourth-order valence-electron chi connectivity index (χ4n) is 2.14. The minimum Gasteiger partial charge on any atom is -0.496 e. The van der Waals surface area contributed by atoms with E-state index in [4.69, 9.17) is 22.2 Å². The van der Waals surface area contributed by atoms with Crippen molar-refractivity contribution in [1.82, 2.24) is 5.43 Å². The predicted molar refractivity (Wildman–Crippen MR) is 78.3 cm³/mol. The molecule has 1 atom stereocenters. The van der Waals surface area contributed by atoms with Crippen LogP contribution in [0.1, 0.15) is 22.7 Å². The first-order valence-corrected chi connectivity index (χ1v) is 6.50. The molecule has 1 unspecified atom stereocenters. The van der Waals surface area contributed by atoms with Crippen molar-refractivity contribution in [3.63, 3.8) is 0 Å². The number of nitrogens with one attached hydrogen (secondary N) is 1. The quantitative estimate of drug-likeness (QED) is 0.671. The molecule has 0 aliphatic heterocycles. The summed E-state index contributed by atoms with van der Waals surface area (Å²) >= 11 is 5.83. The van der Waals surface area contributed by atoms with Crippen molar-refractivity contribution in [3.8, 4) is 5.75 Å². The van der Waals surface area contributed by atoms with Gasteiger partial charge in [0.1, 0.15) is 11.6 Å². The SMILES string of the molecule is COc1ccc(C)cc1C(NN)c1ccc(F)c(Cl)c1. The molecule has 5 heteroatoms. The lowest BCUT2D eigenvalue weighted by Gasteiger charge is -2.20. The number of methoxy groups -OCH3 is 1. The Morgan fingerprint density at radius 2 is 2.00 bits per heavy atom. The molecular formula is C15H16ClFN2O. The van der Waals surface area contributed by atoms with Gasteiger partial charge < -0.3 is 4.74 Å². The van der Waals surface area contributed by atoms with Crippen LogP contribution in [-0.2, 0) is 0 Å². The molecule has 0 aromatic heterocycles. The Bertz CT molecular complexity index is 619. The molecule has 0 radical (unpaired) electrons. The van der Waals surface area contributed by atoms with E-state index in [1.165, 1.54) is 6.07 Å². The molecule has 0 bridgehead atoms. The third kappa shape index (κ3) is 2.93. The molecule has 2 aromatic rings. The van der Waals surface area contributed by atoms with E-state index in [0.717, 1.165) is 16.7 Å². The molecule has 0 amide bonds. The maximum atomic E-state index is 13.3. The van der Waals surface area contributed by atoms with Crippen molar-refractivity contribution in [2.24, 2.45) is 5.84 Å². The van der Waals surface area contributed by atoms with Crippen molar-refractivity contribution in [1.29, 1.82) is 0 Å². The smallest absolute Gasteiger partial charge is 0.141 e. The van der Waals surface area contributed by atoms with Gasteiger partial charge in [-0.05, 0) is 30.7 Å². The number of ether oxygens (including phenoxy) is 1. The van der Waals surface area contributed by atoms with Gasteiger partial charge in [0, 0.05) is 5.56 Å². The number of nitrogens with two attached hydrogens (primary N) is 1. The van der Waals surface area contributed by atoms with Crippen LogP contribution >= 0.6 is 11.6 Å². The summed E-state index contributed by atoms with van der Waals surface area (Å²) in [4.78, 5) is 0. The number of rotatable bonds is 4. The van der Waals surface area contributed by atoms with E-state index >= 15 is 0 Å². The molecule has 2 aromatic carbocycles. The van der Waals surface area contributed by atoms with Crippen LogP contribution < -0.4 is 16.0 Å². The Labute approximate surface area is 122 Å². The van der Waals surface area contributed by atoms with Gasteiger partial charge in [0.05, 0.1) is 18.2 Å². The van der Waals surface area contributed by atoms with Gasteiger partial charge in [-0.25, -0.2) is 9.82 Å². The number of hydrazine groups is 1. The highest BCUT2D eigenvalue weighted by Crippen LogP contribution is 2.32. The van der Waals surface area contributed by atoms with Crippen LogP contribution in [0.4, 0.5) is 4.39 Å². The van der Waals surface area contributed by atoms with Crippen LogP contribution in [0.2, 0.25) is 5.02 Å². The summed E-state index contributed by atoms with van der Waals surface area (Å²) in [5.41, 5.74) is 5.44. The first-order chi connectivity index (χ1) is 9.56. The van der Waals surface area contributed by atoms with E-state index in [1.807, 2.05) is 25.1 Å². The van der Waals surface area contributed by atoms with Crippen molar-refractivity contribution < 1.29 is 9.13 Å². The summed E-state index contributed by atoms with van der Waals surface area (Å²) in [6.45, 7) is 1.98. The molecule has 3 nitrogen and oxygen atoms in total. The van der Waals surface area contributed by atoms with Crippen LogP contribution in [0.3, 0.4) is 0 Å². The molecule has 0 saturated heterocycles. The Balaban J connectivity index is 2.51. The van der Waals surface area contributed by atoms with E-state index < -0.39 is 5.82 Å². The first-order valence-electron chi connectivity index (χ1n) is 6.12. The Morgan fingerprint density at radius 3 is 2.60 bits per heavy atom. The molecule has 0 aliphatic rings. The molecular weight excluding hydrogens is 279 g/mol. The van der Waals surface area contributed by atoms with Gasteiger partial charge in [0.2, 0.25) is 0 Å². The fraction of sp³-hybridized carbons (Fsp3) is 0.200. The number of benzene rings is 2. The summed E-state index contributed by atoms with van der Waals surface area (Å²) in [6, 6.07) is 10.00. The van der Waals surface area contributed by atoms with Gasteiger partial charge in [0.25, 0.3) is 0 Å². The molecule has 106 valence electrons. The van der Waals surface area contributed by atoms with Crippen LogP contribution in [0.15, 0.2) is 36.4 Å². The van der Waals surface area contributed by atoms with Crippen molar-refractivity contribution in [3.05, 3.63) is 63.9 Å². The van der Waals surface area contributed by atoms with Crippen molar-refractivity contribution >= 4 is 11.6 Å². The molecule has 0 saturated carbocycles. The monoisotopic (exact) mass is 294 g/mol. The van der Waals surface area contributed by atoms with E-state index in [2.05, 4.69) is 5.43 Å². The number of hydrogen-bond donors (Lipinski definition) is 2. The molecule has 0 fully saturated rings. The van der Waals surface area contributed by atoms with Gasteiger partial charge in [0.15, 0.2) is 0 Å². The van der Waals surface area contributed by atoms with Crippen molar-refractivity contribution in [2.75, 3.05) is 7.11 Å². The molecule has 0 aliphatic carbocycles. The second-order valence-corrected chi connectivity index (χ2v) is 4.93. The van der Waals surface area contributed by atoms with E-state index in [9.17, 15) is 4.39 Å². The molecule has 0 heterocycles. The first kappa shape index (κ1) is 14.8. The van der Waals surface area contributed by atoms with Crippen LogP contribution in [0.5, 0.6) is 5.75 Å². The summed E-state index contributed by atoms with van der Waals surface area (Å²) in [5.74, 6) is 5.91. The Morgan fingerprint density at radius 1 is 1.25 bits per heavy atom. The zero-order chi connectivity index (χ0) is 14.7. The Kier molecular flexibility index (Phi) is 4.60. The molecule has 2 rings (SSSR count). The summed E-state index contributed by atoms with van der Waals surface area (Å²) < 4.78 is 18.6. The second kappa shape index (κ2) is 6.22. The maximum absolute atomic E-state index is 13.3. The molecule has 0 spiro atoms. The highest BCUT2D eigenvalue weighted by molar-refractivity contribution is 6.30. The lowest BCUT2D eigenvalue weighted by Crippen LogP contribution is -2.29. The van der Waals surface area contributed by atoms with Gasteiger partial charge >= 0.3 is 0 Å². The maximum Gasteiger partial charge on any atom is 0.141 e. The number of hydrogen-bond acceptors (Lipinski definition) is 3. The third-order valence-electron chi connectivity index (χ3n) is 3.14. The Hall–Kier alpha value is -1.62. The average molecular weight is 295 g/mol. The summed E-state index contributed by atoms with van der Waals surface area (Å²) in [5, 5.41) is 0.0642. The number of aryl methyl sites for hydroxylation is 1. The predicted octanol–water partition coefficient (Wildman–Crippen LogP) is 3.35.